The van der Waals surface area contributed by atoms with Crippen LogP contribution in [0.5, 0.6) is 17.2 Å². The molecular weight excluding hydrogens is 481 g/mol. The van der Waals surface area contributed by atoms with E-state index in [2.05, 4.69) is 15.8 Å². The minimum Gasteiger partial charge on any atom is -0.489 e. The molecule has 10 heteroatoms. The highest BCUT2D eigenvalue weighted by Gasteiger charge is 2.16. The molecule has 0 radical (unpaired) electrons. The Kier molecular flexibility index (Phi) is 7.51. The summed E-state index contributed by atoms with van der Waals surface area (Å²) in [7, 11) is 0. The van der Waals surface area contributed by atoms with Gasteiger partial charge < -0.3 is 19.5 Å². The molecule has 4 rings (SSSR count). The van der Waals surface area contributed by atoms with Gasteiger partial charge in [0.15, 0.2) is 11.5 Å². The third-order valence-corrected chi connectivity index (χ3v) is 5.32. The molecule has 0 fully saturated rings. The van der Waals surface area contributed by atoms with Crippen molar-refractivity contribution in [1.82, 2.24) is 10.7 Å². The van der Waals surface area contributed by atoms with E-state index in [1.165, 1.54) is 6.21 Å². The number of benzene rings is 3. The zero-order chi connectivity index (χ0) is 23.9. The number of nitrogens with zero attached hydrogens (tertiary/aromatic N) is 1. The van der Waals surface area contributed by atoms with Crippen LogP contribution in [0.1, 0.15) is 21.5 Å². The van der Waals surface area contributed by atoms with Gasteiger partial charge in [0.25, 0.3) is 11.8 Å². The van der Waals surface area contributed by atoms with Gasteiger partial charge in [-0.15, -0.1) is 0 Å². The van der Waals surface area contributed by atoms with E-state index in [0.717, 1.165) is 11.1 Å². The number of carbonyl (C=O) groups excluding carboxylic acids is 2. The lowest BCUT2D eigenvalue weighted by molar-refractivity contribution is -0.120. The van der Waals surface area contributed by atoms with Crippen molar-refractivity contribution in [3.63, 3.8) is 0 Å². The van der Waals surface area contributed by atoms with E-state index >= 15 is 0 Å². The van der Waals surface area contributed by atoms with Crippen LogP contribution in [0.3, 0.4) is 0 Å². The topological polar surface area (TPSA) is 98.3 Å². The molecule has 0 aliphatic carbocycles. The summed E-state index contributed by atoms with van der Waals surface area (Å²) < 4.78 is 16.2. The van der Waals surface area contributed by atoms with E-state index in [1.807, 2.05) is 6.07 Å². The van der Waals surface area contributed by atoms with Crippen molar-refractivity contribution < 1.29 is 23.8 Å². The molecule has 2 amide bonds. The highest BCUT2D eigenvalue weighted by Crippen LogP contribution is 2.32. The van der Waals surface area contributed by atoms with Crippen molar-refractivity contribution in [2.24, 2.45) is 5.10 Å². The fourth-order valence-corrected chi connectivity index (χ4v) is 3.43. The van der Waals surface area contributed by atoms with E-state index in [0.29, 0.717) is 39.5 Å². The molecule has 0 bridgehead atoms. The van der Waals surface area contributed by atoms with Crippen LogP contribution in [0.2, 0.25) is 10.0 Å². The molecule has 1 aliphatic heterocycles. The second-order valence-corrected chi connectivity index (χ2v) is 7.98. The Hall–Kier alpha value is -3.75. The van der Waals surface area contributed by atoms with Gasteiger partial charge in [-0.3, -0.25) is 9.59 Å². The van der Waals surface area contributed by atoms with Gasteiger partial charge in [0.2, 0.25) is 6.79 Å². The van der Waals surface area contributed by atoms with Crippen molar-refractivity contribution in [2.45, 2.75) is 6.61 Å². The standard InChI is InChI=1S/C24H19Cl2N3O5/c25-18-5-3-17(20(26)10-18)13-32-19-6-1-15(2-7-19)11-28-29-23(30)12-27-24(31)16-4-8-21-22(9-16)34-14-33-21/h1-11H,12-14H2,(H,27,31)(H,29,30)/b28-11-. The average molecular weight is 500 g/mol. The number of rotatable bonds is 8. The maximum Gasteiger partial charge on any atom is 0.259 e. The second-order valence-electron chi connectivity index (χ2n) is 7.14. The Morgan fingerprint density at radius 3 is 2.59 bits per heavy atom. The Morgan fingerprint density at radius 2 is 1.79 bits per heavy atom. The summed E-state index contributed by atoms with van der Waals surface area (Å²) in [6, 6.07) is 17.2. The average Bonchev–Trinajstić information content (AvgIpc) is 3.31. The van der Waals surface area contributed by atoms with Crippen LogP contribution in [0.25, 0.3) is 0 Å². The number of nitrogens with one attached hydrogen (secondary N) is 2. The first kappa shape index (κ1) is 23.4. The van der Waals surface area contributed by atoms with Gasteiger partial charge in [0.1, 0.15) is 12.4 Å². The summed E-state index contributed by atoms with van der Waals surface area (Å²) in [5, 5.41) is 7.53. The summed E-state index contributed by atoms with van der Waals surface area (Å²) in [6.07, 6.45) is 1.48. The molecule has 0 atom stereocenters. The van der Waals surface area contributed by atoms with Crippen molar-refractivity contribution in [2.75, 3.05) is 13.3 Å². The van der Waals surface area contributed by atoms with Crippen LogP contribution in [0, 0.1) is 0 Å². The SMILES string of the molecule is O=C(CNC(=O)c1ccc2c(c1)OCO2)N/N=C\c1ccc(OCc2ccc(Cl)cc2Cl)cc1. The van der Waals surface area contributed by atoms with Gasteiger partial charge in [-0.1, -0.05) is 29.3 Å². The molecule has 8 nitrogen and oxygen atoms in total. The van der Waals surface area contributed by atoms with Crippen molar-refractivity contribution >= 4 is 41.2 Å². The predicted molar refractivity (Wildman–Crippen MR) is 128 cm³/mol. The van der Waals surface area contributed by atoms with E-state index in [4.69, 9.17) is 37.4 Å². The molecule has 1 aliphatic rings. The van der Waals surface area contributed by atoms with Crippen molar-refractivity contribution in [3.8, 4) is 17.2 Å². The Balaban J connectivity index is 1.20. The first-order valence-electron chi connectivity index (χ1n) is 10.1. The Labute approximate surface area is 205 Å². The fourth-order valence-electron chi connectivity index (χ4n) is 2.97. The minimum atomic E-state index is -0.467. The number of hydrogen-bond acceptors (Lipinski definition) is 6. The maximum absolute atomic E-state index is 12.2. The van der Waals surface area contributed by atoms with E-state index in [9.17, 15) is 9.59 Å². The molecule has 0 unspecified atom stereocenters. The van der Waals surface area contributed by atoms with Gasteiger partial charge in [0.05, 0.1) is 12.8 Å². The summed E-state index contributed by atoms with van der Waals surface area (Å²) in [6.45, 7) is 0.191. The molecule has 0 saturated carbocycles. The third kappa shape index (κ3) is 6.18. The van der Waals surface area contributed by atoms with Crippen LogP contribution >= 0.6 is 23.2 Å². The van der Waals surface area contributed by atoms with Crippen LogP contribution in [0.4, 0.5) is 0 Å². The van der Waals surface area contributed by atoms with Crippen LogP contribution in [0.15, 0.2) is 65.8 Å². The molecular formula is C24H19Cl2N3O5. The fraction of sp³-hybridized carbons (Fsp3) is 0.125. The van der Waals surface area contributed by atoms with E-state index < -0.39 is 11.8 Å². The van der Waals surface area contributed by atoms with Crippen LogP contribution in [-0.2, 0) is 11.4 Å². The number of halogens is 2. The molecule has 3 aromatic rings. The molecule has 174 valence electrons. The number of hydrazone groups is 1. The van der Waals surface area contributed by atoms with Crippen LogP contribution < -0.4 is 25.0 Å². The van der Waals surface area contributed by atoms with E-state index in [1.54, 1.807) is 54.6 Å². The monoisotopic (exact) mass is 499 g/mol. The zero-order valence-corrected chi connectivity index (χ0v) is 19.2. The molecule has 0 saturated heterocycles. The zero-order valence-electron chi connectivity index (χ0n) is 17.7. The summed E-state index contributed by atoms with van der Waals surface area (Å²) in [5.74, 6) is 0.845. The van der Waals surface area contributed by atoms with Gasteiger partial charge in [-0.2, -0.15) is 5.10 Å². The van der Waals surface area contributed by atoms with Gasteiger partial charge in [-0.05, 0) is 60.2 Å². The number of carbonyl (C=O) groups is 2. The molecule has 2 N–H and O–H groups in total. The second kappa shape index (κ2) is 10.9. The lowest BCUT2D eigenvalue weighted by atomic mass is 10.2. The lowest BCUT2D eigenvalue weighted by Crippen LogP contribution is -2.34. The smallest absolute Gasteiger partial charge is 0.259 e. The highest BCUT2D eigenvalue weighted by atomic mass is 35.5. The number of ether oxygens (including phenoxy) is 3. The van der Waals surface area contributed by atoms with Crippen molar-refractivity contribution in [3.05, 3.63) is 87.4 Å². The predicted octanol–water partition coefficient (Wildman–Crippen LogP) is 4.18. The van der Waals surface area contributed by atoms with Crippen LogP contribution in [-0.4, -0.2) is 31.4 Å². The van der Waals surface area contributed by atoms with Gasteiger partial charge in [-0.25, -0.2) is 5.43 Å². The van der Waals surface area contributed by atoms with E-state index in [-0.39, 0.29) is 13.3 Å². The number of hydrogen-bond donors (Lipinski definition) is 2. The lowest BCUT2D eigenvalue weighted by Gasteiger charge is -2.08. The van der Waals surface area contributed by atoms with Gasteiger partial charge >= 0.3 is 0 Å². The largest absolute Gasteiger partial charge is 0.489 e. The Morgan fingerprint density at radius 1 is 1.00 bits per heavy atom. The minimum absolute atomic E-state index is 0.120. The Bertz CT molecular complexity index is 1230. The number of fused-ring (bicyclic) bond motifs is 1. The number of amides is 2. The van der Waals surface area contributed by atoms with Gasteiger partial charge in [0, 0.05) is 21.2 Å². The highest BCUT2D eigenvalue weighted by molar-refractivity contribution is 6.35. The normalized spacial score (nSPS) is 11.9. The molecule has 1 heterocycles. The molecule has 3 aromatic carbocycles. The van der Waals surface area contributed by atoms with Crippen molar-refractivity contribution in [1.29, 1.82) is 0 Å². The summed E-state index contributed by atoms with van der Waals surface area (Å²) >= 11 is 12.0. The molecule has 0 spiro atoms. The summed E-state index contributed by atoms with van der Waals surface area (Å²) in [4.78, 5) is 24.2. The maximum atomic E-state index is 12.2. The first-order valence-corrected chi connectivity index (χ1v) is 10.9. The third-order valence-electron chi connectivity index (χ3n) is 4.74. The first-order chi connectivity index (χ1) is 16.5. The molecule has 0 aromatic heterocycles. The molecule has 34 heavy (non-hydrogen) atoms. The quantitative estimate of drug-likeness (QED) is 0.357. The summed E-state index contributed by atoms with van der Waals surface area (Å²) in [5.41, 5.74) is 4.30.